The molecule has 3 heteroatoms. The van der Waals surface area contributed by atoms with E-state index in [1.807, 2.05) is 0 Å². The molecule has 0 heterocycles. The Labute approximate surface area is 262 Å². The van der Waals surface area contributed by atoms with E-state index in [0.717, 1.165) is 22.4 Å². The molecular formula is C40H51O2P. The molecule has 4 rings (SSSR count). The van der Waals surface area contributed by atoms with Gasteiger partial charge in [-0.05, 0) is 79.3 Å². The summed E-state index contributed by atoms with van der Waals surface area (Å²) >= 11 is 0. The molecule has 4 aromatic rings. The van der Waals surface area contributed by atoms with Crippen molar-refractivity contribution in [2.24, 2.45) is 0 Å². The Bertz CT molecular complexity index is 1460. The van der Waals surface area contributed by atoms with Crippen LogP contribution in [0.5, 0.6) is 11.5 Å². The van der Waals surface area contributed by atoms with Crippen LogP contribution in [0, 0.1) is 0 Å². The fourth-order valence-corrected chi connectivity index (χ4v) is 6.46. The lowest BCUT2D eigenvalue weighted by atomic mass is 9.81. The Morgan fingerprint density at radius 2 is 0.860 bits per heavy atom. The summed E-state index contributed by atoms with van der Waals surface area (Å²) < 4.78 is 14.2. The van der Waals surface area contributed by atoms with Crippen LogP contribution in [0.3, 0.4) is 0 Å². The Kier molecular flexibility index (Phi) is 9.25. The Morgan fingerprint density at radius 1 is 0.419 bits per heavy atom. The average molecular weight is 595 g/mol. The van der Waals surface area contributed by atoms with E-state index in [4.69, 9.17) is 9.05 Å². The number of rotatable bonds is 6. The SMILES string of the molecule is CC(C)(C)c1ccc(C(C)(C)C)c(OP(Oc2cc(C(C)(C)C)ccc2C(C)(C)C)c2cccc(-c3ccccc3)c2)c1. The molecule has 0 saturated heterocycles. The lowest BCUT2D eigenvalue weighted by Crippen LogP contribution is -2.19. The molecule has 0 saturated carbocycles. The number of hydrogen-bond acceptors (Lipinski definition) is 2. The zero-order chi connectivity index (χ0) is 31.8. The predicted octanol–water partition coefficient (Wildman–Crippen LogP) is 11.6. The molecule has 4 aromatic carbocycles. The van der Waals surface area contributed by atoms with E-state index < -0.39 is 8.38 Å². The van der Waals surface area contributed by atoms with E-state index in [9.17, 15) is 0 Å². The fourth-order valence-electron chi connectivity index (χ4n) is 5.10. The Balaban J connectivity index is 1.92. The molecule has 228 valence electrons. The predicted molar refractivity (Wildman–Crippen MR) is 187 cm³/mol. The van der Waals surface area contributed by atoms with Gasteiger partial charge in [0.15, 0.2) is 0 Å². The van der Waals surface area contributed by atoms with Crippen molar-refractivity contribution >= 4 is 13.7 Å². The van der Waals surface area contributed by atoms with Crippen molar-refractivity contribution < 1.29 is 9.05 Å². The Hall–Kier alpha value is -3.09. The monoisotopic (exact) mass is 594 g/mol. The van der Waals surface area contributed by atoms with Crippen LogP contribution < -0.4 is 14.4 Å². The summed E-state index contributed by atoms with van der Waals surface area (Å²) in [5, 5.41) is 1.04. The van der Waals surface area contributed by atoms with Crippen LogP contribution in [0.25, 0.3) is 11.1 Å². The highest BCUT2D eigenvalue weighted by Gasteiger charge is 2.30. The summed E-state index contributed by atoms with van der Waals surface area (Å²) in [6, 6.07) is 32.6. The first-order valence-electron chi connectivity index (χ1n) is 15.5. The maximum absolute atomic E-state index is 7.12. The van der Waals surface area contributed by atoms with Crippen LogP contribution in [0.15, 0.2) is 91.0 Å². The zero-order valence-electron chi connectivity index (χ0n) is 28.4. The second-order valence-corrected chi connectivity index (χ2v) is 17.2. The molecule has 0 radical (unpaired) electrons. The van der Waals surface area contributed by atoms with E-state index in [1.165, 1.54) is 27.8 Å². The topological polar surface area (TPSA) is 18.5 Å². The third-order valence-electron chi connectivity index (χ3n) is 7.84. The minimum absolute atomic E-state index is 0.00813. The van der Waals surface area contributed by atoms with Crippen molar-refractivity contribution in [3.05, 3.63) is 113 Å². The first-order chi connectivity index (χ1) is 19.8. The molecule has 0 unspecified atom stereocenters. The molecule has 0 bridgehead atoms. The highest BCUT2D eigenvalue weighted by Crippen LogP contribution is 2.47. The third-order valence-corrected chi connectivity index (χ3v) is 9.26. The van der Waals surface area contributed by atoms with Gasteiger partial charge in [0.05, 0.1) is 5.30 Å². The maximum Gasteiger partial charge on any atom is 0.326 e. The normalized spacial score (nSPS) is 12.9. The summed E-state index contributed by atoms with van der Waals surface area (Å²) in [4.78, 5) is 0. The van der Waals surface area contributed by atoms with Gasteiger partial charge in [0, 0.05) is 0 Å². The maximum atomic E-state index is 7.12. The molecule has 0 aliphatic rings. The second kappa shape index (κ2) is 12.1. The molecule has 43 heavy (non-hydrogen) atoms. The first-order valence-corrected chi connectivity index (χ1v) is 16.6. The van der Waals surface area contributed by atoms with Crippen LogP contribution in [-0.4, -0.2) is 0 Å². The molecule has 2 nitrogen and oxygen atoms in total. The minimum atomic E-state index is -1.54. The largest absolute Gasteiger partial charge is 0.435 e. The van der Waals surface area contributed by atoms with Crippen molar-refractivity contribution in [3.8, 4) is 22.6 Å². The van der Waals surface area contributed by atoms with Crippen molar-refractivity contribution in [1.29, 1.82) is 0 Å². The Morgan fingerprint density at radius 3 is 1.28 bits per heavy atom. The number of benzene rings is 4. The molecule has 0 aliphatic heterocycles. The molecule has 0 N–H and O–H groups in total. The van der Waals surface area contributed by atoms with Gasteiger partial charge in [-0.25, -0.2) is 0 Å². The molecule has 0 atom stereocenters. The summed E-state index contributed by atoms with van der Waals surface area (Å²) in [5.41, 5.74) is 6.96. The van der Waals surface area contributed by atoms with Crippen molar-refractivity contribution in [2.75, 3.05) is 0 Å². The summed E-state index contributed by atoms with van der Waals surface area (Å²) in [6.07, 6.45) is 0. The summed E-state index contributed by atoms with van der Waals surface area (Å²) in [7, 11) is -1.54. The smallest absolute Gasteiger partial charge is 0.326 e. The van der Waals surface area contributed by atoms with Gasteiger partial charge in [-0.15, -0.1) is 0 Å². The van der Waals surface area contributed by atoms with Crippen LogP contribution in [0.2, 0.25) is 0 Å². The van der Waals surface area contributed by atoms with Gasteiger partial charge < -0.3 is 9.05 Å². The highest BCUT2D eigenvalue weighted by molar-refractivity contribution is 7.56. The van der Waals surface area contributed by atoms with Crippen LogP contribution in [-0.2, 0) is 21.7 Å². The van der Waals surface area contributed by atoms with Crippen molar-refractivity contribution in [1.82, 2.24) is 0 Å². The quantitative estimate of drug-likeness (QED) is 0.207. The third kappa shape index (κ3) is 8.10. The van der Waals surface area contributed by atoms with Crippen LogP contribution >= 0.6 is 8.38 Å². The zero-order valence-corrected chi connectivity index (χ0v) is 29.3. The van der Waals surface area contributed by atoms with E-state index in [0.29, 0.717) is 0 Å². The molecule has 0 amide bonds. The second-order valence-electron chi connectivity index (χ2n) is 15.8. The van der Waals surface area contributed by atoms with Gasteiger partial charge in [-0.3, -0.25) is 0 Å². The summed E-state index contributed by atoms with van der Waals surface area (Å²) in [6.45, 7) is 27.0. The highest BCUT2D eigenvalue weighted by atomic mass is 31.2. The minimum Gasteiger partial charge on any atom is -0.435 e. The molecule has 0 fully saturated rings. The molecule has 0 spiro atoms. The van der Waals surface area contributed by atoms with Gasteiger partial charge in [0.25, 0.3) is 0 Å². The standard InChI is InChI=1S/C40H51O2P/c1-37(2,3)30-21-23-33(39(7,8)9)35(26-30)41-43(32-20-16-19-29(25-32)28-17-14-13-15-18-28)42-36-27-31(38(4,5)6)22-24-34(36)40(10,11)12/h13-27H,1-12H3. The van der Waals surface area contributed by atoms with Crippen LogP contribution in [0.1, 0.15) is 105 Å². The van der Waals surface area contributed by atoms with E-state index in [-0.39, 0.29) is 21.7 Å². The van der Waals surface area contributed by atoms with Gasteiger partial charge in [0.1, 0.15) is 11.5 Å². The first kappa shape index (κ1) is 32.8. The van der Waals surface area contributed by atoms with Crippen LogP contribution in [0.4, 0.5) is 0 Å². The molecule has 0 aromatic heterocycles. The number of hydrogen-bond donors (Lipinski definition) is 0. The van der Waals surface area contributed by atoms with Gasteiger partial charge in [0.2, 0.25) is 0 Å². The molecule has 0 aliphatic carbocycles. The van der Waals surface area contributed by atoms with Gasteiger partial charge >= 0.3 is 8.38 Å². The lowest BCUT2D eigenvalue weighted by Gasteiger charge is -2.30. The van der Waals surface area contributed by atoms with E-state index in [1.54, 1.807) is 0 Å². The lowest BCUT2D eigenvalue weighted by molar-refractivity contribution is 0.464. The fraction of sp³-hybridized carbons (Fsp3) is 0.400. The van der Waals surface area contributed by atoms with Crippen molar-refractivity contribution in [3.63, 3.8) is 0 Å². The van der Waals surface area contributed by atoms with Crippen molar-refractivity contribution in [2.45, 2.75) is 105 Å². The van der Waals surface area contributed by atoms with E-state index >= 15 is 0 Å². The summed E-state index contributed by atoms with van der Waals surface area (Å²) in [5.74, 6) is 1.78. The average Bonchev–Trinajstić information content (AvgIpc) is 2.91. The molecular weight excluding hydrogens is 543 g/mol. The van der Waals surface area contributed by atoms with Gasteiger partial charge in [-0.2, -0.15) is 0 Å². The van der Waals surface area contributed by atoms with Gasteiger partial charge in [-0.1, -0.05) is 150 Å². The van der Waals surface area contributed by atoms with E-state index in [2.05, 4.69) is 174 Å².